The van der Waals surface area contributed by atoms with Gasteiger partial charge in [-0.05, 0) is 12.3 Å². The van der Waals surface area contributed by atoms with E-state index in [4.69, 9.17) is 18.9 Å². The van der Waals surface area contributed by atoms with Crippen molar-refractivity contribution in [3.63, 3.8) is 0 Å². The molecule has 2 saturated carbocycles. The van der Waals surface area contributed by atoms with E-state index in [9.17, 15) is 34.8 Å². The van der Waals surface area contributed by atoms with E-state index >= 15 is 0 Å². The van der Waals surface area contributed by atoms with Crippen LogP contribution in [0, 0.1) is 28.1 Å². The fourth-order valence-electron chi connectivity index (χ4n) is 8.27. The average Bonchev–Trinajstić information content (AvgIpc) is 3.35. The predicted octanol–water partition coefficient (Wildman–Crippen LogP) is -2.40. The van der Waals surface area contributed by atoms with Crippen molar-refractivity contribution < 1.29 is 53.8 Å². The molecule has 4 N–H and O–H groups in total. The van der Waals surface area contributed by atoms with Crippen LogP contribution in [0.4, 0.5) is 0 Å². The molecule has 10 unspecified atom stereocenters. The van der Waals surface area contributed by atoms with Gasteiger partial charge in [-0.15, -0.1) is 0 Å². The van der Waals surface area contributed by atoms with E-state index in [1.165, 1.54) is 6.92 Å². The molecule has 6 aliphatic rings. The molecule has 31 heavy (non-hydrogen) atoms. The molecule has 6 rings (SSSR count). The van der Waals surface area contributed by atoms with E-state index in [0.29, 0.717) is 0 Å². The van der Waals surface area contributed by atoms with E-state index in [2.05, 4.69) is 0 Å². The lowest BCUT2D eigenvalue weighted by Crippen LogP contribution is -2.67. The molecule has 0 amide bonds. The van der Waals surface area contributed by atoms with E-state index < -0.39 is 94.0 Å². The molecule has 2 spiro atoms. The van der Waals surface area contributed by atoms with Crippen LogP contribution in [0.2, 0.25) is 0 Å². The van der Waals surface area contributed by atoms with Crippen molar-refractivity contribution >= 4 is 17.9 Å². The maximum atomic E-state index is 13.4. The maximum Gasteiger partial charge on any atom is 0.343 e. The molecule has 0 bridgehead atoms. The molecule has 0 aromatic carbocycles. The summed E-state index contributed by atoms with van der Waals surface area (Å²) in [5.74, 6) is -5.22. The zero-order valence-corrected chi connectivity index (χ0v) is 17.3. The number of rotatable bonds is 0. The Kier molecular flexibility index (Phi) is 3.15. The monoisotopic (exact) mass is 440 g/mol. The highest BCUT2D eigenvalue weighted by Crippen LogP contribution is 2.84. The van der Waals surface area contributed by atoms with Crippen molar-refractivity contribution in [3.05, 3.63) is 0 Å². The molecule has 2 aliphatic carbocycles. The van der Waals surface area contributed by atoms with Crippen molar-refractivity contribution in [2.24, 2.45) is 28.1 Å². The van der Waals surface area contributed by atoms with Gasteiger partial charge in [-0.1, -0.05) is 20.8 Å². The van der Waals surface area contributed by atoms with E-state index in [-0.39, 0.29) is 0 Å². The number of carbonyl (C=O) groups is 3. The molecular weight excluding hydrogens is 416 g/mol. The summed E-state index contributed by atoms with van der Waals surface area (Å²) in [7, 11) is 0. The van der Waals surface area contributed by atoms with Crippen LogP contribution < -0.4 is 0 Å². The van der Waals surface area contributed by atoms with Crippen LogP contribution >= 0.6 is 0 Å². The average molecular weight is 440 g/mol. The number of esters is 3. The van der Waals surface area contributed by atoms with Crippen LogP contribution in [-0.2, 0) is 33.3 Å². The van der Waals surface area contributed by atoms with Gasteiger partial charge in [0.25, 0.3) is 0 Å². The van der Waals surface area contributed by atoms with E-state index in [1.807, 2.05) is 0 Å². The van der Waals surface area contributed by atoms with Crippen molar-refractivity contribution in [1.82, 2.24) is 0 Å². The van der Waals surface area contributed by atoms with Gasteiger partial charge in [0.1, 0.15) is 12.2 Å². The van der Waals surface area contributed by atoms with Crippen LogP contribution in [0.1, 0.15) is 27.7 Å². The third-order valence-electron chi connectivity index (χ3n) is 8.95. The minimum Gasteiger partial charge on any atom is -0.456 e. The second-order valence-corrected chi connectivity index (χ2v) is 10.8. The lowest BCUT2D eigenvalue weighted by Gasteiger charge is -2.47. The summed E-state index contributed by atoms with van der Waals surface area (Å²) in [6.07, 6.45) is -9.69. The number of fused-ring (bicyclic) bond motifs is 1. The number of carbonyl (C=O) groups excluding carboxylic acids is 3. The minimum atomic E-state index is -2.40. The Morgan fingerprint density at radius 1 is 0.935 bits per heavy atom. The Morgan fingerprint density at radius 2 is 1.58 bits per heavy atom. The Labute approximate surface area is 176 Å². The lowest BCUT2D eigenvalue weighted by molar-refractivity contribution is -0.240. The number of hydrogen-bond donors (Lipinski definition) is 4. The molecule has 4 heterocycles. The van der Waals surface area contributed by atoms with Crippen molar-refractivity contribution in [1.29, 1.82) is 0 Å². The standard InChI is InChI=1S/C20H24O11/c1-5-12(24)28-11-8(22)18-10-6(21)7(16(2,3)4)17(18)9(23)13(25)30-15(17)31-20(18,14(26)29-10)19(5,11)27/h5-11,15,21-23,27H,1-4H3/t5?,6?,7?,8?,9?,10?,11?,15?,17?,18?,19-,20-/m1/s1. The van der Waals surface area contributed by atoms with Crippen molar-refractivity contribution in [2.45, 2.75) is 75.7 Å². The zero-order chi connectivity index (χ0) is 22.7. The lowest BCUT2D eigenvalue weighted by atomic mass is 9.51. The normalized spacial score (nSPS) is 61.0. The van der Waals surface area contributed by atoms with Gasteiger partial charge in [0.15, 0.2) is 17.8 Å². The smallest absolute Gasteiger partial charge is 0.343 e. The Bertz CT molecular complexity index is 957. The van der Waals surface area contributed by atoms with Gasteiger partial charge in [-0.2, -0.15) is 0 Å². The topological polar surface area (TPSA) is 169 Å². The summed E-state index contributed by atoms with van der Waals surface area (Å²) in [5, 5.41) is 46.1. The Hall–Kier alpha value is -1.79. The van der Waals surface area contributed by atoms with Gasteiger partial charge in [0.05, 0.1) is 22.9 Å². The second-order valence-electron chi connectivity index (χ2n) is 10.8. The fraction of sp³-hybridized carbons (Fsp3) is 0.850. The van der Waals surface area contributed by atoms with Crippen LogP contribution in [-0.4, -0.2) is 86.3 Å². The van der Waals surface area contributed by atoms with Gasteiger partial charge in [-0.25, -0.2) is 9.59 Å². The van der Waals surface area contributed by atoms with Gasteiger partial charge < -0.3 is 39.4 Å². The number of aliphatic hydroxyl groups excluding tert-OH is 3. The summed E-state index contributed by atoms with van der Waals surface area (Å²) < 4.78 is 22.2. The predicted molar refractivity (Wildman–Crippen MR) is 93.4 cm³/mol. The molecule has 0 aromatic rings. The molecule has 11 heteroatoms. The van der Waals surface area contributed by atoms with E-state index in [0.717, 1.165) is 0 Å². The van der Waals surface area contributed by atoms with Crippen molar-refractivity contribution in [3.8, 4) is 0 Å². The third kappa shape index (κ3) is 1.43. The van der Waals surface area contributed by atoms with Crippen LogP contribution in [0.15, 0.2) is 0 Å². The molecule has 4 saturated heterocycles. The summed E-state index contributed by atoms with van der Waals surface area (Å²) >= 11 is 0. The first-order chi connectivity index (χ1) is 14.3. The summed E-state index contributed by atoms with van der Waals surface area (Å²) in [6.45, 7) is 6.63. The summed E-state index contributed by atoms with van der Waals surface area (Å²) in [4.78, 5) is 38.3. The largest absolute Gasteiger partial charge is 0.456 e. The first-order valence-corrected chi connectivity index (χ1v) is 10.3. The third-order valence-corrected chi connectivity index (χ3v) is 8.95. The van der Waals surface area contributed by atoms with Gasteiger partial charge in [0, 0.05) is 5.92 Å². The highest BCUT2D eigenvalue weighted by molar-refractivity contribution is 5.94. The fourth-order valence-corrected chi connectivity index (χ4v) is 8.27. The number of hydrogen-bond acceptors (Lipinski definition) is 11. The zero-order valence-electron chi connectivity index (χ0n) is 17.3. The SMILES string of the molecule is CC1C(=O)OC2C(O)C34C5OC(=O)[C@]3(OC3OC(=O)C(O)C34C(C(C)(C)C)C5O)[C@@]12O. The van der Waals surface area contributed by atoms with E-state index in [1.54, 1.807) is 20.8 Å². The Balaban J connectivity index is 1.75. The molecule has 4 aliphatic heterocycles. The second kappa shape index (κ2) is 4.91. The first-order valence-electron chi connectivity index (χ1n) is 10.3. The molecule has 170 valence electrons. The van der Waals surface area contributed by atoms with Gasteiger partial charge >= 0.3 is 17.9 Å². The molecule has 0 aromatic heterocycles. The van der Waals surface area contributed by atoms with Crippen LogP contribution in [0.5, 0.6) is 0 Å². The maximum absolute atomic E-state index is 13.4. The van der Waals surface area contributed by atoms with Crippen LogP contribution in [0.25, 0.3) is 0 Å². The quantitative estimate of drug-likeness (QED) is 0.234. The summed E-state index contributed by atoms with van der Waals surface area (Å²) in [6, 6.07) is 0. The van der Waals surface area contributed by atoms with Crippen molar-refractivity contribution in [2.75, 3.05) is 0 Å². The number of aliphatic hydroxyl groups is 4. The highest BCUT2D eigenvalue weighted by Gasteiger charge is 3.05. The summed E-state index contributed by atoms with van der Waals surface area (Å²) in [5.41, 5.74) is -9.40. The van der Waals surface area contributed by atoms with Gasteiger partial charge in [0.2, 0.25) is 11.9 Å². The molecule has 0 radical (unpaired) electrons. The molecule has 12 atom stereocenters. The first kappa shape index (κ1) is 19.9. The van der Waals surface area contributed by atoms with Crippen LogP contribution in [0.3, 0.4) is 0 Å². The van der Waals surface area contributed by atoms with Gasteiger partial charge in [-0.3, -0.25) is 4.79 Å². The molecular formula is C20H24O11. The minimum absolute atomic E-state index is 0.792. The molecule has 11 nitrogen and oxygen atoms in total. The number of ether oxygens (including phenoxy) is 4. The Morgan fingerprint density at radius 3 is 2.19 bits per heavy atom. The molecule has 6 fully saturated rings. The highest BCUT2D eigenvalue weighted by atomic mass is 16.8.